The Hall–Kier alpha value is -1.53. The van der Waals surface area contributed by atoms with Crippen LogP contribution in [-0.4, -0.2) is 15.0 Å². The lowest BCUT2D eigenvalue weighted by Gasteiger charge is -2.09. The summed E-state index contributed by atoms with van der Waals surface area (Å²) in [7, 11) is 0. The third kappa shape index (κ3) is 2.83. The number of benzene rings is 1. The fourth-order valence-corrected chi connectivity index (χ4v) is 2.08. The van der Waals surface area contributed by atoms with Gasteiger partial charge in [-0.1, -0.05) is 18.3 Å². The van der Waals surface area contributed by atoms with Crippen molar-refractivity contribution in [1.29, 1.82) is 0 Å². The molecule has 1 heterocycles. The normalized spacial score (nSPS) is 10.1. The zero-order valence-electron chi connectivity index (χ0n) is 9.55. The number of hydrogen-bond donors (Lipinski definition) is 1. The molecule has 0 amide bonds. The first-order valence-corrected chi connectivity index (χ1v) is 6.33. The maximum absolute atomic E-state index is 5.67. The Morgan fingerprint density at radius 3 is 2.72 bits per heavy atom. The predicted molar refractivity (Wildman–Crippen MR) is 76.9 cm³/mol. The van der Waals surface area contributed by atoms with Crippen LogP contribution in [0.3, 0.4) is 0 Å². The zero-order chi connectivity index (χ0) is 13.1. The summed E-state index contributed by atoms with van der Waals surface area (Å²) in [4.78, 5) is 8.29. The monoisotopic (exact) mass is 323 g/mol. The van der Waals surface area contributed by atoms with Crippen molar-refractivity contribution in [2.45, 2.75) is 6.92 Å². The summed E-state index contributed by atoms with van der Waals surface area (Å²) in [6.45, 7) is 2.00. The molecular formula is C12H10BrN3OS. The first kappa shape index (κ1) is 12.9. The Morgan fingerprint density at radius 1 is 1.33 bits per heavy atom. The number of nitrogens with zero attached hydrogens (tertiary/aromatic N) is 2. The van der Waals surface area contributed by atoms with Gasteiger partial charge in [0.05, 0.1) is 4.47 Å². The number of nitrogens with two attached hydrogens (primary N) is 1. The lowest BCUT2D eigenvalue weighted by Crippen LogP contribution is -2.13. The summed E-state index contributed by atoms with van der Waals surface area (Å²) in [5, 5.41) is 0. The Labute approximate surface area is 118 Å². The Kier molecular flexibility index (Phi) is 3.88. The molecule has 4 nitrogen and oxygen atoms in total. The highest BCUT2D eigenvalue weighted by molar-refractivity contribution is 9.10. The largest absolute Gasteiger partial charge is 0.436 e. The number of thiocarbonyl (C=S) groups is 1. The predicted octanol–water partition coefficient (Wildman–Crippen LogP) is 2.97. The molecule has 0 spiro atoms. The van der Waals surface area contributed by atoms with Gasteiger partial charge in [-0.2, -0.15) is 0 Å². The van der Waals surface area contributed by atoms with E-state index in [1.807, 2.05) is 25.1 Å². The molecule has 0 aliphatic heterocycles. The van der Waals surface area contributed by atoms with E-state index in [0.29, 0.717) is 17.3 Å². The van der Waals surface area contributed by atoms with Crippen LogP contribution in [-0.2, 0) is 0 Å². The third-order valence-electron chi connectivity index (χ3n) is 2.19. The van der Waals surface area contributed by atoms with E-state index in [1.165, 1.54) is 12.4 Å². The minimum absolute atomic E-state index is 0.154. The number of rotatable bonds is 3. The molecule has 0 unspecified atom stereocenters. The summed E-state index contributed by atoms with van der Waals surface area (Å²) in [6.07, 6.45) is 3.05. The maximum Gasteiger partial charge on any atom is 0.248 e. The van der Waals surface area contributed by atoms with Crippen molar-refractivity contribution in [3.8, 4) is 11.6 Å². The Balaban J connectivity index is 2.37. The molecule has 0 aliphatic carbocycles. The molecule has 1 aromatic heterocycles. The van der Waals surface area contributed by atoms with E-state index in [4.69, 9.17) is 22.7 Å². The van der Waals surface area contributed by atoms with Crippen molar-refractivity contribution < 1.29 is 4.74 Å². The van der Waals surface area contributed by atoms with Crippen molar-refractivity contribution in [3.05, 3.63) is 46.3 Å². The number of ether oxygens (including phenoxy) is 1. The smallest absolute Gasteiger partial charge is 0.248 e. The third-order valence-corrected chi connectivity index (χ3v) is 3.01. The lowest BCUT2D eigenvalue weighted by atomic mass is 10.2. The minimum atomic E-state index is 0.154. The summed E-state index contributed by atoms with van der Waals surface area (Å²) < 4.78 is 6.50. The topological polar surface area (TPSA) is 61.0 Å². The average Bonchev–Trinajstić information content (AvgIpc) is 2.33. The fraction of sp³-hybridized carbons (Fsp3) is 0.0833. The molecule has 18 heavy (non-hydrogen) atoms. The van der Waals surface area contributed by atoms with E-state index in [-0.39, 0.29) is 4.99 Å². The quantitative estimate of drug-likeness (QED) is 0.880. The van der Waals surface area contributed by atoms with Crippen molar-refractivity contribution in [1.82, 2.24) is 9.97 Å². The number of aryl methyl sites for hydroxylation is 1. The Morgan fingerprint density at radius 2 is 2.06 bits per heavy atom. The van der Waals surface area contributed by atoms with Gasteiger partial charge >= 0.3 is 0 Å². The van der Waals surface area contributed by atoms with Gasteiger partial charge < -0.3 is 10.5 Å². The standard InChI is InChI=1S/C12H10BrN3OS/c1-7-2-3-9(8(13)6-7)17-12-10(11(14)18)15-4-5-16-12/h2-6H,1H3,(H2,14,18). The van der Waals surface area contributed by atoms with E-state index < -0.39 is 0 Å². The second-order valence-electron chi connectivity index (χ2n) is 3.61. The highest BCUT2D eigenvalue weighted by atomic mass is 79.9. The molecule has 2 rings (SSSR count). The van der Waals surface area contributed by atoms with Crippen molar-refractivity contribution in [2.24, 2.45) is 5.73 Å². The van der Waals surface area contributed by atoms with E-state index in [2.05, 4.69) is 25.9 Å². The molecule has 0 saturated carbocycles. The van der Waals surface area contributed by atoms with Crippen molar-refractivity contribution in [2.75, 3.05) is 0 Å². The van der Waals surface area contributed by atoms with Gasteiger partial charge in [-0.25, -0.2) is 9.97 Å². The summed E-state index contributed by atoms with van der Waals surface area (Å²) in [5.41, 5.74) is 7.07. The molecule has 6 heteroatoms. The summed E-state index contributed by atoms with van der Waals surface area (Å²) in [6, 6.07) is 5.74. The van der Waals surface area contributed by atoms with Crippen LogP contribution in [0.2, 0.25) is 0 Å². The summed E-state index contributed by atoms with van der Waals surface area (Å²) in [5.74, 6) is 0.938. The number of halogens is 1. The van der Waals surface area contributed by atoms with Crippen LogP contribution in [0.4, 0.5) is 0 Å². The molecule has 0 saturated heterocycles. The zero-order valence-corrected chi connectivity index (χ0v) is 12.0. The molecule has 92 valence electrons. The molecular weight excluding hydrogens is 314 g/mol. The minimum Gasteiger partial charge on any atom is -0.436 e. The highest BCUT2D eigenvalue weighted by Gasteiger charge is 2.11. The van der Waals surface area contributed by atoms with Gasteiger partial charge in [0, 0.05) is 12.4 Å². The van der Waals surface area contributed by atoms with E-state index in [9.17, 15) is 0 Å². The molecule has 0 atom stereocenters. The first-order chi connectivity index (χ1) is 8.58. The van der Waals surface area contributed by atoms with Gasteiger partial charge in [0.25, 0.3) is 0 Å². The van der Waals surface area contributed by atoms with Crippen LogP contribution >= 0.6 is 28.1 Å². The molecule has 0 aliphatic rings. The van der Waals surface area contributed by atoms with Crippen LogP contribution in [0.5, 0.6) is 11.6 Å². The number of aromatic nitrogens is 2. The van der Waals surface area contributed by atoms with Crippen LogP contribution in [0.15, 0.2) is 35.1 Å². The second-order valence-corrected chi connectivity index (χ2v) is 4.90. The van der Waals surface area contributed by atoms with Gasteiger partial charge in [-0.05, 0) is 40.5 Å². The van der Waals surface area contributed by atoms with Gasteiger partial charge in [-0.15, -0.1) is 0 Å². The van der Waals surface area contributed by atoms with Crippen LogP contribution in [0.25, 0.3) is 0 Å². The SMILES string of the molecule is Cc1ccc(Oc2nccnc2C(N)=S)c(Br)c1. The van der Waals surface area contributed by atoms with E-state index >= 15 is 0 Å². The molecule has 0 fully saturated rings. The van der Waals surface area contributed by atoms with Gasteiger partial charge in [-0.3, -0.25) is 0 Å². The lowest BCUT2D eigenvalue weighted by molar-refractivity contribution is 0.456. The highest BCUT2D eigenvalue weighted by Crippen LogP contribution is 2.30. The van der Waals surface area contributed by atoms with Gasteiger partial charge in [0.15, 0.2) is 5.69 Å². The maximum atomic E-state index is 5.67. The van der Waals surface area contributed by atoms with Crippen LogP contribution in [0.1, 0.15) is 11.3 Å². The van der Waals surface area contributed by atoms with E-state index in [1.54, 1.807) is 0 Å². The fourth-order valence-electron chi connectivity index (χ4n) is 1.36. The van der Waals surface area contributed by atoms with Crippen LogP contribution in [0, 0.1) is 6.92 Å². The van der Waals surface area contributed by atoms with Crippen LogP contribution < -0.4 is 10.5 Å². The first-order valence-electron chi connectivity index (χ1n) is 5.13. The van der Waals surface area contributed by atoms with Crippen molar-refractivity contribution >= 4 is 33.1 Å². The average molecular weight is 324 g/mol. The van der Waals surface area contributed by atoms with Gasteiger partial charge in [0.1, 0.15) is 10.7 Å². The number of hydrogen-bond acceptors (Lipinski definition) is 4. The Bertz CT molecular complexity index is 604. The van der Waals surface area contributed by atoms with Gasteiger partial charge in [0.2, 0.25) is 5.88 Å². The molecule has 0 radical (unpaired) electrons. The second kappa shape index (κ2) is 5.41. The molecule has 2 N–H and O–H groups in total. The summed E-state index contributed by atoms with van der Waals surface area (Å²) >= 11 is 8.33. The van der Waals surface area contributed by atoms with Crippen molar-refractivity contribution in [3.63, 3.8) is 0 Å². The molecule has 2 aromatic rings. The molecule has 1 aromatic carbocycles. The molecule has 0 bridgehead atoms. The van der Waals surface area contributed by atoms with E-state index in [0.717, 1.165) is 10.0 Å².